The zero-order chi connectivity index (χ0) is 22.0. The van der Waals surface area contributed by atoms with Crippen molar-refractivity contribution in [2.24, 2.45) is 0 Å². The van der Waals surface area contributed by atoms with Crippen LogP contribution < -0.4 is 15.4 Å². The Morgan fingerprint density at radius 3 is 2.35 bits per heavy atom. The number of anilines is 2. The highest BCUT2D eigenvalue weighted by atomic mass is 32.1. The van der Waals surface area contributed by atoms with E-state index in [0.717, 1.165) is 29.7 Å². The van der Waals surface area contributed by atoms with Crippen LogP contribution in [0.4, 0.5) is 16.4 Å². The number of rotatable bonds is 6. The van der Waals surface area contributed by atoms with Gasteiger partial charge < -0.3 is 15.4 Å². The number of ether oxygens (including phenoxy) is 1. The lowest BCUT2D eigenvalue weighted by Crippen LogP contribution is -2.18. The number of hydrogen-bond acceptors (Lipinski definition) is 6. The van der Waals surface area contributed by atoms with E-state index in [1.165, 1.54) is 35.6 Å². The number of nitro groups is 1. The maximum Gasteiger partial charge on any atom is 0.269 e. The normalized spacial score (nSPS) is 12.2. The number of carbonyl (C=O) groups excluding carboxylic acids is 2. The fourth-order valence-corrected chi connectivity index (χ4v) is 4.79. The van der Waals surface area contributed by atoms with Crippen LogP contribution in [0.3, 0.4) is 0 Å². The van der Waals surface area contributed by atoms with Crippen LogP contribution in [0, 0.1) is 10.1 Å². The lowest BCUT2D eigenvalue weighted by Gasteiger charge is -2.10. The topological polar surface area (TPSA) is 111 Å². The Morgan fingerprint density at radius 1 is 1.00 bits per heavy atom. The van der Waals surface area contributed by atoms with E-state index < -0.39 is 10.8 Å². The average molecular weight is 437 g/mol. The zero-order valence-electron chi connectivity index (χ0n) is 16.6. The van der Waals surface area contributed by atoms with Gasteiger partial charge in [0.1, 0.15) is 10.8 Å². The van der Waals surface area contributed by atoms with E-state index in [1.807, 2.05) is 0 Å². The minimum Gasteiger partial charge on any atom is -0.497 e. The van der Waals surface area contributed by atoms with Crippen LogP contribution in [0.15, 0.2) is 48.5 Å². The summed E-state index contributed by atoms with van der Waals surface area (Å²) in [5, 5.41) is 17.0. The highest BCUT2D eigenvalue weighted by Crippen LogP contribution is 2.39. The van der Waals surface area contributed by atoms with E-state index in [1.54, 1.807) is 31.4 Å². The van der Waals surface area contributed by atoms with Crippen molar-refractivity contribution in [1.82, 2.24) is 0 Å². The number of hydrogen-bond donors (Lipinski definition) is 2. The molecule has 31 heavy (non-hydrogen) atoms. The molecular formula is C22H19N3O5S. The van der Waals surface area contributed by atoms with Crippen molar-refractivity contribution in [3.05, 3.63) is 80.2 Å². The van der Waals surface area contributed by atoms with Gasteiger partial charge in [0.2, 0.25) is 0 Å². The van der Waals surface area contributed by atoms with Gasteiger partial charge in [-0.1, -0.05) is 0 Å². The van der Waals surface area contributed by atoms with Gasteiger partial charge in [0.15, 0.2) is 0 Å². The Morgan fingerprint density at radius 2 is 1.71 bits per heavy atom. The standard InChI is InChI=1S/C22H19N3O5S/c1-30-16-11-7-14(8-12-16)23-21(27)19-17-3-2-4-18(17)31-22(19)24-20(26)13-5-9-15(10-6-13)25(28)29/h5-12H,2-4H2,1H3,(H,23,27)(H,24,26). The van der Waals surface area contributed by atoms with E-state index in [9.17, 15) is 19.7 Å². The molecule has 158 valence electrons. The van der Waals surface area contributed by atoms with Gasteiger partial charge in [0.05, 0.1) is 17.6 Å². The molecule has 0 atom stereocenters. The largest absolute Gasteiger partial charge is 0.497 e. The third-order valence-electron chi connectivity index (χ3n) is 5.06. The maximum atomic E-state index is 13.1. The van der Waals surface area contributed by atoms with Crippen molar-refractivity contribution in [2.45, 2.75) is 19.3 Å². The molecule has 1 aromatic heterocycles. The van der Waals surface area contributed by atoms with Crippen molar-refractivity contribution in [2.75, 3.05) is 17.7 Å². The number of fused-ring (bicyclic) bond motifs is 1. The Bertz CT molecular complexity index is 1150. The Labute approximate surface area is 182 Å². The minimum absolute atomic E-state index is 0.0915. The number of non-ortho nitro benzene ring substituents is 1. The van der Waals surface area contributed by atoms with Gasteiger partial charge in [-0.15, -0.1) is 11.3 Å². The molecule has 2 amide bonds. The van der Waals surface area contributed by atoms with Crippen LogP contribution in [0.25, 0.3) is 0 Å². The van der Waals surface area contributed by atoms with E-state index in [0.29, 0.717) is 22.0 Å². The first-order chi connectivity index (χ1) is 15.0. The number of aryl methyl sites for hydroxylation is 1. The first kappa shape index (κ1) is 20.5. The molecule has 1 heterocycles. The first-order valence-electron chi connectivity index (χ1n) is 9.62. The fourth-order valence-electron chi connectivity index (χ4n) is 3.51. The van der Waals surface area contributed by atoms with Crippen molar-refractivity contribution in [3.63, 3.8) is 0 Å². The van der Waals surface area contributed by atoms with Crippen molar-refractivity contribution in [1.29, 1.82) is 0 Å². The molecule has 0 saturated carbocycles. The predicted molar refractivity (Wildman–Crippen MR) is 118 cm³/mol. The molecular weight excluding hydrogens is 418 g/mol. The van der Waals surface area contributed by atoms with Gasteiger partial charge >= 0.3 is 0 Å². The lowest BCUT2D eigenvalue weighted by molar-refractivity contribution is -0.384. The zero-order valence-corrected chi connectivity index (χ0v) is 17.5. The van der Waals surface area contributed by atoms with Crippen LogP contribution in [-0.2, 0) is 12.8 Å². The molecule has 0 bridgehead atoms. The smallest absolute Gasteiger partial charge is 0.269 e. The summed E-state index contributed by atoms with van der Waals surface area (Å²) < 4.78 is 5.14. The van der Waals surface area contributed by atoms with Gasteiger partial charge in [-0.2, -0.15) is 0 Å². The Balaban J connectivity index is 1.57. The van der Waals surface area contributed by atoms with Gasteiger partial charge in [-0.25, -0.2) is 0 Å². The van der Waals surface area contributed by atoms with Crippen molar-refractivity contribution < 1.29 is 19.2 Å². The summed E-state index contributed by atoms with van der Waals surface area (Å²) in [5.74, 6) is -0.0256. The molecule has 0 saturated heterocycles. The minimum atomic E-state index is -0.521. The van der Waals surface area contributed by atoms with Crippen molar-refractivity contribution in [3.8, 4) is 5.75 Å². The van der Waals surface area contributed by atoms with Crippen LogP contribution in [0.2, 0.25) is 0 Å². The number of carbonyl (C=O) groups is 2. The molecule has 2 aromatic carbocycles. The van der Waals surface area contributed by atoms with Crippen LogP contribution in [-0.4, -0.2) is 23.8 Å². The molecule has 2 N–H and O–H groups in total. The van der Waals surface area contributed by atoms with E-state index in [4.69, 9.17) is 4.74 Å². The molecule has 1 aliphatic carbocycles. The molecule has 0 unspecified atom stereocenters. The fraction of sp³-hybridized carbons (Fsp3) is 0.182. The lowest BCUT2D eigenvalue weighted by atomic mass is 10.1. The highest BCUT2D eigenvalue weighted by molar-refractivity contribution is 7.17. The van der Waals surface area contributed by atoms with E-state index >= 15 is 0 Å². The molecule has 9 heteroatoms. The summed E-state index contributed by atoms with van der Waals surface area (Å²) in [4.78, 5) is 37.2. The second-order valence-corrected chi connectivity index (χ2v) is 8.11. The maximum absolute atomic E-state index is 13.1. The van der Waals surface area contributed by atoms with Crippen LogP contribution >= 0.6 is 11.3 Å². The van der Waals surface area contributed by atoms with Crippen molar-refractivity contribution >= 4 is 39.5 Å². The summed E-state index contributed by atoms with van der Waals surface area (Å²) in [5.41, 5.74) is 2.25. The highest BCUT2D eigenvalue weighted by Gasteiger charge is 2.28. The molecule has 0 radical (unpaired) electrons. The molecule has 4 rings (SSSR count). The summed E-state index contributed by atoms with van der Waals surface area (Å²) in [6, 6.07) is 12.4. The number of nitro benzene ring substituents is 1. The molecule has 3 aromatic rings. The molecule has 0 aliphatic heterocycles. The SMILES string of the molecule is COc1ccc(NC(=O)c2c(NC(=O)c3ccc([N+](=O)[O-])cc3)sc3c2CCC3)cc1. The van der Waals surface area contributed by atoms with Gasteiger partial charge in [0, 0.05) is 28.3 Å². The van der Waals surface area contributed by atoms with Gasteiger partial charge in [-0.3, -0.25) is 19.7 Å². The monoisotopic (exact) mass is 437 g/mol. The third-order valence-corrected chi connectivity index (χ3v) is 6.27. The number of benzene rings is 2. The second-order valence-electron chi connectivity index (χ2n) is 7.00. The molecule has 0 spiro atoms. The second kappa shape index (κ2) is 8.57. The summed E-state index contributed by atoms with van der Waals surface area (Å²) >= 11 is 1.40. The average Bonchev–Trinajstić information content (AvgIpc) is 3.35. The third kappa shape index (κ3) is 4.26. The van der Waals surface area contributed by atoms with Crippen LogP contribution in [0.5, 0.6) is 5.75 Å². The van der Waals surface area contributed by atoms with Crippen LogP contribution in [0.1, 0.15) is 37.6 Å². The van der Waals surface area contributed by atoms with Gasteiger partial charge in [0.25, 0.3) is 17.5 Å². The first-order valence-corrected chi connectivity index (χ1v) is 10.4. The Kier molecular flexibility index (Phi) is 5.68. The Hall–Kier alpha value is -3.72. The summed E-state index contributed by atoms with van der Waals surface area (Å²) in [6.07, 6.45) is 2.63. The number of thiophene rings is 1. The number of methoxy groups -OCH3 is 1. The summed E-state index contributed by atoms with van der Waals surface area (Å²) in [6.45, 7) is 0. The number of nitrogens with one attached hydrogen (secondary N) is 2. The van der Waals surface area contributed by atoms with Gasteiger partial charge in [-0.05, 0) is 61.2 Å². The van der Waals surface area contributed by atoms with E-state index in [2.05, 4.69) is 10.6 Å². The summed E-state index contributed by atoms with van der Waals surface area (Å²) in [7, 11) is 1.57. The predicted octanol–water partition coefficient (Wildman–Crippen LogP) is 4.66. The molecule has 8 nitrogen and oxygen atoms in total. The quantitative estimate of drug-likeness (QED) is 0.430. The molecule has 0 fully saturated rings. The molecule has 1 aliphatic rings. The number of amides is 2. The van der Waals surface area contributed by atoms with E-state index in [-0.39, 0.29) is 17.2 Å². The number of nitrogens with zero attached hydrogens (tertiary/aromatic N) is 1.